The maximum absolute atomic E-state index is 11.6. The Labute approximate surface area is 88.0 Å². The third-order valence-electron chi connectivity index (χ3n) is 1.90. The van der Waals surface area contributed by atoms with Crippen LogP contribution in [-0.4, -0.2) is 35.6 Å². The van der Waals surface area contributed by atoms with Crippen molar-refractivity contribution in [1.29, 1.82) is 0 Å². The molecule has 1 atom stereocenters. The van der Waals surface area contributed by atoms with Crippen molar-refractivity contribution in [3.63, 3.8) is 0 Å². The Hall–Kier alpha value is -0.870. The third kappa shape index (κ3) is 3.47. The van der Waals surface area contributed by atoms with E-state index in [4.69, 9.17) is 5.11 Å². The Kier molecular flexibility index (Phi) is 4.10. The molecule has 1 rings (SSSR count). The second-order valence-electron chi connectivity index (χ2n) is 3.43. The summed E-state index contributed by atoms with van der Waals surface area (Å²) >= 11 is 1.59. The van der Waals surface area contributed by atoms with Gasteiger partial charge in [-0.15, -0.1) is 0 Å². The van der Waals surface area contributed by atoms with Gasteiger partial charge in [0.25, 0.3) is 0 Å². The number of aliphatic hydroxyl groups is 1. The van der Waals surface area contributed by atoms with Crippen molar-refractivity contribution in [3.8, 4) is 0 Å². The average Bonchev–Trinajstić information content (AvgIpc) is 2.55. The maximum atomic E-state index is 11.6. The molecule has 0 fully saturated rings. The lowest BCUT2D eigenvalue weighted by Gasteiger charge is -2.18. The molecule has 1 aromatic rings. The monoisotopic (exact) mass is 213 g/mol. The highest BCUT2D eigenvalue weighted by Crippen LogP contribution is 2.07. The number of carbonyl (C=O) groups is 1. The normalized spacial score (nSPS) is 12.5. The van der Waals surface area contributed by atoms with Crippen LogP contribution < -0.4 is 0 Å². The van der Waals surface area contributed by atoms with E-state index in [9.17, 15) is 4.79 Å². The zero-order valence-electron chi connectivity index (χ0n) is 8.43. The van der Waals surface area contributed by atoms with Gasteiger partial charge in [0.15, 0.2) is 0 Å². The molecule has 0 saturated carbocycles. The number of carbonyl (C=O) groups excluding carboxylic acids is 1. The van der Waals surface area contributed by atoms with Gasteiger partial charge in [0, 0.05) is 13.6 Å². The van der Waals surface area contributed by atoms with Crippen LogP contribution in [0.2, 0.25) is 0 Å². The Balaban J connectivity index is 2.42. The predicted octanol–water partition coefficient (Wildman–Crippen LogP) is 1.13. The van der Waals surface area contributed by atoms with Gasteiger partial charge in [0.05, 0.1) is 12.5 Å². The molecular weight excluding hydrogens is 198 g/mol. The van der Waals surface area contributed by atoms with Gasteiger partial charge in [0.1, 0.15) is 0 Å². The molecule has 1 aromatic heterocycles. The number of hydrogen-bond donors (Lipinski definition) is 1. The molecule has 0 aliphatic carbocycles. The summed E-state index contributed by atoms with van der Waals surface area (Å²) < 4.78 is 0. The Morgan fingerprint density at radius 2 is 2.43 bits per heavy atom. The molecule has 3 nitrogen and oxygen atoms in total. The molecule has 14 heavy (non-hydrogen) atoms. The highest BCUT2D eigenvalue weighted by molar-refractivity contribution is 7.07. The highest BCUT2D eigenvalue weighted by Gasteiger charge is 2.11. The summed E-state index contributed by atoms with van der Waals surface area (Å²) in [5.74, 6) is 0.0456. The average molecular weight is 213 g/mol. The van der Waals surface area contributed by atoms with Gasteiger partial charge in [-0.25, -0.2) is 0 Å². The van der Waals surface area contributed by atoms with Crippen LogP contribution in [0.4, 0.5) is 0 Å². The van der Waals surface area contributed by atoms with Crippen molar-refractivity contribution in [2.45, 2.75) is 19.4 Å². The Morgan fingerprint density at radius 1 is 1.71 bits per heavy atom. The summed E-state index contributed by atoms with van der Waals surface area (Å²) in [5.41, 5.74) is 1.04. The molecule has 0 aliphatic rings. The van der Waals surface area contributed by atoms with Crippen molar-refractivity contribution in [3.05, 3.63) is 22.4 Å². The highest BCUT2D eigenvalue weighted by atomic mass is 32.1. The standard InChI is InChI=1S/C10H15NO2S/c1-8(12)6-11(2)10(13)5-9-3-4-14-7-9/h3-4,7-8,12H,5-6H2,1-2H3. The number of aliphatic hydroxyl groups excluding tert-OH is 1. The minimum atomic E-state index is -0.466. The van der Waals surface area contributed by atoms with Crippen LogP contribution in [-0.2, 0) is 11.2 Å². The van der Waals surface area contributed by atoms with E-state index >= 15 is 0 Å². The molecule has 0 spiro atoms. The largest absolute Gasteiger partial charge is 0.392 e. The van der Waals surface area contributed by atoms with Crippen LogP contribution in [0.25, 0.3) is 0 Å². The summed E-state index contributed by atoms with van der Waals surface area (Å²) in [7, 11) is 1.71. The predicted molar refractivity (Wildman–Crippen MR) is 57.3 cm³/mol. The fourth-order valence-electron chi connectivity index (χ4n) is 1.20. The molecule has 0 aromatic carbocycles. The molecule has 1 heterocycles. The topological polar surface area (TPSA) is 40.5 Å². The lowest BCUT2D eigenvalue weighted by molar-refractivity contribution is -0.130. The fourth-order valence-corrected chi connectivity index (χ4v) is 1.87. The fraction of sp³-hybridized carbons (Fsp3) is 0.500. The summed E-state index contributed by atoms with van der Waals surface area (Å²) in [5, 5.41) is 13.0. The summed E-state index contributed by atoms with van der Waals surface area (Å²) in [4.78, 5) is 13.1. The number of rotatable bonds is 4. The first-order valence-corrected chi connectivity index (χ1v) is 5.47. The number of amides is 1. The van der Waals surface area contributed by atoms with Gasteiger partial charge in [-0.2, -0.15) is 11.3 Å². The first-order valence-electron chi connectivity index (χ1n) is 4.52. The van der Waals surface area contributed by atoms with E-state index in [2.05, 4.69) is 0 Å². The Morgan fingerprint density at radius 3 is 2.93 bits per heavy atom. The van der Waals surface area contributed by atoms with Gasteiger partial charge in [-0.1, -0.05) is 0 Å². The SMILES string of the molecule is CC(O)CN(C)C(=O)Cc1ccsc1. The first kappa shape index (κ1) is 11.2. The first-order chi connectivity index (χ1) is 6.59. The van der Waals surface area contributed by atoms with Gasteiger partial charge in [0.2, 0.25) is 5.91 Å². The smallest absolute Gasteiger partial charge is 0.226 e. The van der Waals surface area contributed by atoms with Crippen molar-refractivity contribution in [1.82, 2.24) is 4.90 Å². The molecule has 4 heteroatoms. The van der Waals surface area contributed by atoms with E-state index in [-0.39, 0.29) is 5.91 Å². The molecule has 1 amide bonds. The molecule has 0 bridgehead atoms. The number of nitrogens with zero attached hydrogens (tertiary/aromatic N) is 1. The van der Waals surface area contributed by atoms with Gasteiger partial charge in [-0.3, -0.25) is 4.79 Å². The molecule has 0 saturated heterocycles. The lowest BCUT2D eigenvalue weighted by atomic mass is 10.2. The zero-order chi connectivity index (χ0) is 10.6. The number of thiophene rings is 1. The van der Waals surface area contributed by atoms with E-state index in [0.29, 0.717) is 13.0 Å². The summed E-state index contributed by atoms with van der Waals surface area (Å²) in [6, 6.07) is 1.94. The van der Waals surface area contributed by atoms with Crippen molar-refractivity contribution < 1.29 is 9.90 Å². The number of likely N-dealkylation sites (N-methyl/N-ethyl adjacent to an activating group) is 1. The van der Waals surface area contributed by atoms with E-state index < -0.39 is 6.10 Å². The van der Waals surface area contributed by atoms with Crippen molar-refractivity contribution in [2.75, 3.05) is 13.6 Å². The maximum Gasteiger partial charge on any atom is 0.226 e. The minimum Gasteiger partial charge on any atom is -0.392 e. The lowest BCUT2D eigenvalue weighted by Crippen LogP contribution is -2.33. The van der Waals surface area contributed by atoms with Crippen molar-refractivity contribution >= 4 is 17.2 Å². The van der Waals surface area contributed by atoms with E-state index in [1.165, 1.54) is 0 Å². The third-order valence-corrected chi connectivity index (χ3v) is 2.63. The van der Waals surface area contributed by atoms with E-state index in [1.54, 1.807) is 30.2 Å². The quantitative estimate of drug-likeness (QED) is 0.814. The molecule has 0 radical (unpaired) electrons. The summed E-state index contributed by atoms with van der Waals surface area (Å²) in [6.45, 7) is 2.07. The van der Waals surface area contributed by atoms with Crippen LogP contribution in [0, 0.1) is 0 Å². The summed E-state index contributed by atoms with van der Waals surface area (Å²) in [6.07, 6.45) is -0.0429. The molecule has 0 aliphatic heterocycles. The van der Waals surface area contributed by atoms with Crippen molar-refractivity contribution in [2.24, 2.45) is 0 Å². The van der Waals surface area contributed by atoms with Crippen LogP contribution in [0.5, 0.6) is 0 Å². The second-order valence-corrected chi connectivity index (χ2v) is 4.21. The molecule has 78 valence electrons. The molecular formula is C10H15NO2S. The Bertz CT molecular complexity index is 282. The van der Waals surface area contributed by atoms with Gasteiger partial charge < -0.3 is 10.0 Å². The van der Waals surface area contributed by atoms with Crippen LogP contribution in [0.3, 0.4) is 0 Å². The second kappa shape index (κ2) is 5.12. The number of hydrogen-bond acceptors (Lipinski definition) is 3. The van der Waals surface area contributed by atoms with E-state index in [1.807, 2.05) is 16.8 Å². The van der Waals surface area contributed by atoms with Crippen LogP contribution in [0.1, 0.15) is 12.5 Å². The van der Waals surface area contributed by atoms with Crippen LogP contribution in [0.15, 0.2) is 16.8 Å². The van der Waals surface area contributed by atoms with E-state index in [0.717, 1.165) is 5.56 Å². The zero-order valence-corrected chi connectivity index (χ0v) is 9.25. The molecule has 1 N–H and O–H groups in total. The van der Waals surface area contributed by atoms with Gasteiger partial charge >= 0.3 is 0 Å². The van der Waals surface area contributed by atoms with Crippen LogP contribution >= 0.6 is 11.3 Å². The molecule has 1 unspecified atom stereocenters. The minimum absolute atomic E-state index is 0.0456. The van der Waals surface area contributed by atoms with Gasteiger partial charge in [-0.05, 0) is 29.3 Å².